The molecule has 0 spiro atoms. The fraction of sp³-hybridized carbons (Fsp3) is 0. The summed E-state index contributed by atoms with van der Waals surface area (Å²) in [5.41, 5.74) is 0.184. The van der Waals surface area contributed by atoms with Crippen molar-refractivity contribution >= 4 is 118 Å². The lowest BCUT2D eigenvalue weighted by molar-refractivity contribution is 0.107. The first-order valence-corrected chi connectivity index (χ1v) is 8.37. The molecule has 0 aliphatic carbocycles. The maximum Gasteiger partial charge on any atom is 0.254 e. The molecule has 0 fully saturated rings. The van der Waals surface area contributed by atoms with Crippen molar-refractivity contribution in [1.29, 1.82) is 0 Å². The van der Waals surface area contributed by atoms with Gasteiger partial charge in [-0.05, 0) is 103 Å². The van der Waals surface area contributed by atoms with Crippen molar-refractivity contribution in [2.45, 2.75) is 0 Å². The number of hydrogen-bond donors (Lipinski definition) is 0. The molecule has 0 aliphatic heterocycles. The Kier molecular flexibility index (Phi) is 6.58. The van der Waals surface area contributed by atoms with Crippen LogP contribution in [0.25, 0.3) is 0 Å². The lowest BCUT2D eigenvalue weighted by atomic mass is 10.1. The van der Waals surface area contributed by atoms with Crippen LogP contribution in [0.1, 0.15) is 31.1 Å². The molecule has 9 heteroatoms. The second-order valence-corrected chi connectivity index (χ2v) is 7.15. The summed E-state index contributed by atoms with van der Waals surface area (Å²) in [7, 11) is 0. The Balaban J connectivity index is 3.94. The molecule has 0 aromatic heterocycles. The fourth-order valence-electron chi connectivity index (χ4n) is 1.18. The van der Waals surface area contributed by atoms with Gasteiger partial charge in [0.2, 0.25) is 0 Å². The van der Waals surface area contributed by atoms with Crippen molar-refractivity contribution in [3.63, 3.8) is 0 Å². The number of carbonyl (C=O) groups excluding carboxylic acids is 3. The molecule has 1 aromatic rings. The van der Waals surface area contributed by atoms with Gasteiger partial charge in [0.25, 0.3) is 15.7 Å². The first-order valence-electron chi connectivity index (χ1n) is 4.00. The van der Waals surface area contributed by atoms with Crippen LogP contribution in [0.15, 0.2) is 0 Å². The molecule has 0 bridgehead atoms. The van der Waals surface area contributed by atoms with E-state index in [0.29, 0.717) is 10.7 Å². The molecule has 1 rings (SSSR count). The molecule has 0 amide bonds. The van der Waals surface area contributed by atoms with E-state index in [4.69, 9.17) is 34.8 Å². The number of hydrogen-bond acceptors (Lipinski definition) is 3. The van der Waals surface area contributed by atoms with Gasteiger partial charge in [-0.25, -0.2) is 0 Å². The Hall–Kier alpha value is 1.29. The van der Waals surface area contributed by atoms with Crippen LogP contribution in [0.3, 0.4) is 0 Å². The SMILES string of the molecule is O=C(Cl)c1c(I)c(C(=O)Cl)c(I)c(C(=O)Cl)c1I. The van der Waals surface area contributed by atoms with Crippen molar-refractivity contribution in [3.8, 4) is 0 Å². The number of rotatable bonds is 3. The number of carbonyl (C=O) groups is 3. The van der Waals surface area contributed by atoms with Gasteiger partial charge in [0.1, 0.15) is 0 Å². The molecule has 0 saturated carbocycles. The second kappa shape index (κ2) is 6.83. The van der Waals surface area contributed by atoms with E-state index < -0.39 is 15.7 Å². The molecule has 0 heterocycles. The first kappa shape index (κ1) is 17.3. The zero-order chi connectivity index (χ0) is 14.2. The summed E-state index contributed by atoms with van der Waals surface area (Å²) < 4.78 is 0.925. The number of halogens is 6. The average molecular weight is 643 g/mol. The van der Waals surface area contributed by atoms with Gasteiger partial charge in [-0.1, -0.05) is 0 Å². The third-order valence-electron chi connectivity index (χ3n) is 1.91. The minimum Gasteiger partial charge on any atom is -0.276 e. The van der Waals surface area contributed by atoms with E-state index in [9.17, 15) is 14.4 Å². The minimum atomic E-state index is -0.779. The summed E-state index contributed by atoms with van der Waals surface area (Å²) in [5.74, 6) is 0. The van der Waals surface area contributed by atoms with Crippen molar-refractivity contribution in [3.05, 3.63) is 27.4 Å². The van der Waals surface area contributed by atoms with Gasteiger partial charge in [-0.15, -0.1) is 0 Å². The van der Waals surface area contributed by atoms with Gasteiger partial charge in [0.05, 0.1) is 16.7 Å². The van der Waals surface area contributed by atoms with E-state index in [1.165, 1.54) is 0 Å². The van der Waals surface area contributed by atoms with Gasteiger partial charge >= 0.3 is 0 Å². The molecule has 0 aliphatic rings. The summed E-state index contributed by atoms with van der Waals surface area (Å²) in [4.78, 5) is 34.2. The van der Waals surface area contributed by atoms with Crippen molar-refractivity contribution in [1.82, 2.24) is 0 Å². The van der Waals surface area contributed by atoms with Crippen LogP contribution in [0.5, 0.6) is 0 Å². The monoisotopic (exact) mass is 642 g/mol. The van der Waals surface area contributed by atoms with Gasteiger partial charge in [-0.2, -0.15) is 0 Å². The van der Waals surface area contributed by atoms with Crippen LogP contribution in [0.2, 0.25) is 0 Å². The zero-order valence-electron chi connectivity index (χ0n) is 7.99. The van der Waals surface area contributed by atoms with Crippen molar-refractivity contribution in [2.24, 2.45) is 0 Å². The molecule has 1 aromatic carbocycles. The smallest absolute Gasteiger partial charge is 0.254 e. The summed E-state index contributed by atoms with van der Waals surface area (Å²) in [5, 5.41) is -2.34. The van der Waals surface area contributed by atoms with E-state index >= 15 is 0 Å². The molecule has 96 valence electrons. The van der Waals surface area contributed by atoms with Gasteiger partial charge < -0.3 is 0 Å². The van der Waals surface area contributed by atoms with Gasteiger partial charge in [0, 0.05) is 10.7 Å². The lowest BCUT2D eigenvalue weighted by Crippen LogP contribution is -2.13. The zero-order valence-corrected chi connectivity index (χ0v) is 16.7. The van der Waals surface area contributed by atoms with E-state index in [-0.39, 0.29) is 16.7 Å². The highest BCUT2D eigenvalue weighted by molar-refractivity contribution is 14.1. The highest BCUT2D eigenvalue weighted by atomic mass is 127. The van der Waals surface area contributed by atoms with E-state index in [2.05, 4.69) is 0 Å². The molecular formula is C9Cl3I3O3. The predicted octanol–water partition coefficient (Wildman–Crippen LogP) is 4.64. The Morgan fingerprint density at radius 3 is 0.889 bits per heavy atom. The van der Waals surface area contributed by atoms with Crippen molar-refractivity contribution in [2.75, 3.05) is 0 Å². The summed E-state index contributed by atoms with van der Waals surface area (Å²) in [6, 6.07) is 0. The fourth-order valence-corrected chi connectivity index (χ4v) is 7.34. The second-order valence-electron chi connectivity index (χ2n) is 2.89. The van der Waals surface area contributed by atoms with Crippen LogP contribution in [0.4, 0.5) is 0 Å². The molecule has 0 saturated heterocycles. The van der Waals surface area contributed by atoms with Crippen LogP contribution in [0, 0.1) is 10.7 Å². The first-order chi connectivity index (χ1) is 8.20. The summed E-state index contributed by atoms with van der Waals surface area (Å²) in [6.07, 6.45) is 0. The third kappa shape index (κ3) is 3.30. The normalized spacial score (nSPS) is 10.3. The maximum absolute atomic E-state index is 11.4. The largest absolute Gasteiger partial charge is 0.276 e. The molecular weight excluding hydrogens is 643 g/mol. The minimum absolute atomic E-state index is 0.0614. The van der Waals surface area contributed by atoms with Crippen LogP contribution >= 0.6 is 103 Å². The molecule has 0 radical (unpaired) electrons. The molecule has 3 nitrogen and oxygen atoms in total. The maximum atomic E-state index is 11.4. The summed E-state index contributed by atoms with van der Waals surface area (Å²) in [6.45, 7) is 0. The van der Waals surface area contributed by atoms with Gasteiger partial charge in [-0.3, -0.25) is 14.4 Å². The Morgan fingerprint density at radius 2 is 0.778 bits per heavy atom. The standard InChI is InChI=1S/C9Cl3I3O3/c10-7(16)1-4(13)2(8(11)17)6(15)3(5(1)14)9(12)18. The Labute approximate surface area is 158 Å². The van der Waals surface area contributed by atoms with E-state index in [1.807, 2.05) is 0 Å². The Morgan fingerprint density at radius 1 is 0.611 bits per heavy atom. The molecule has 0 unspecified atom stereocenters. The predicted molar refractivity (Wildman–Crippen MR) is 95.1 cm³/mol. The molecule has 18 heavy (non-hydrogen) atoms. The Bertz CT molecular complexity index is 484. The quantitative estimate of drug-likeness (QED) is 0.357. The van der Waals surface area contributed by atoms with E-state index in [0.717, 1.165) is 0 Å². The highest BCUT2D eigenvalue weighted by Gasteiger charge is 2.28. The summed E-state index contributed by atoms with van der Waals surface area (Å²) >= 11 is 21.7. The van der Waals surface area contributed by atoms with Crippen molar-refractivity contribution < 1.29 is 14.4 Å². The third-order valence-corrected chi connectivity index (χ3v) is 5.71. The topological polar surface area (TPSA) is 51.2 Å². The highest BCUT2D eigenvalue weighted by Crippen LogP contribution is 2.34. The molecule has 0 N–H and O–H groups in total. The number of benzene rings is 1. The van der Waals surface area contributed by atoms with Gasteiger partial charge in [0.15, 0.2) is 0 Å². The molecule has 0 atom stereocenters. The van der Waals surface area contributed by atoms with Crippen LogP contribution < -0.4 is 0 Å². The van der Waals surface area contributed by atoms with Crippen LogP contribution in [-0.2, 0) is 0 Å². The lowest BCUT2D eigenvalue weighted by Gasteiger charge is -2.13. The van der Waals surface area contributed by atoms with E-state index in [1.54, 1.807) is 67.8 Å². The average Bonchev–Trinajstić information content (AvgIpc) is 2.14. The van der Waals surface area contributed by atoms with Crippen LogP contribution in [-0.4, -0.2) is 15.7 Å².